The number of nitrogens with one attached hydrogen (secondary N) is 1. The quantitative estimate of drug-likeness (QED) is 0.805. The minimum absolute atomic E-state index is 0.316. The molecule has 0 aliphatic rings. The van der Waals surface area contributed by atoms with Gasteiger partial charge in [-0.1, -0.05) is 13.8 Å². The fourth-order valence-corrected chi connectivity index (χ4v) is 1.66. The van der Waals surface area contributed by atoms with Crippen LogP contribution in [0.3, 0.4) is 0 Å². The first-order valence-corrected chi connectivity index (χ1v) is 6.44. The van der Waals surface area contributed by atoms with Crippen LogP contribution in [-0.2, 0) is 11.3 Å². The van der Waals surface area contributed by atoms with E-state index >= 15 is 0 Å². The van der Waals surface area contributed by atoms with Crippen molar-refractivity contribution in [2.24, 2.45) is 0 Å². The zero-order valence-corrected chi connectivity index (χ0v) is 12.1. The van der Waals surface area contributed by atoms with Crippen LogP contribution in [-0.4, -0.2) is 37.8 Å². The van der Waals surface area contributed by atoms with Gasteiger partial charge >= 0.3 is 0 Å². The summed E-state index contributed by atoms with van der Waals surface area (Å²) in [4.78, 5) is 6.55. The fourth-order valence-electron chi connectivity index (χ4n) is 1.66. The van der Waals surface area contributed by atoms with Gasteiger partial charge in [0, 0.05) is 32.9 Å². The van der Waals surface area contributed by atoms with E-state index in [0.29, 0.717) is 18.7 Å². The zero-order valence-electron chi connectivity index (χ0n) is 12.1. The molecule has 1 N–H and O–H groups in total. The lowest BCUT2D eigenvalue weighted by atomic mass is 10.2. The van der Waals surface area contributed by atoms with Gasteiger partial charge in [0.15, 0.2) is 0 Å². The number of hydrogen-bond acceptors (Lipinski definition) is 4. The molecule has 4 nitrogen and oxygen atoms in total. The van der Waals surface area contributed by atoms with E-state index in [9.17, 15) is 0 Å². The summed E-state index contributed by atoms with van der Waals surface area (Å²) in [7, 11) is 3.77. The molecule has 0 radical (unpaired) electrons. The summed E-state index contributed by atoms with van der Waals surface area (Å²) < 4.78 is 5.17. The van der Waals surface area contributed by atoms with Crippen molar-refractivity contribution >= 4 is 5.82 Å². The molecule has 0 aliphatic carbocycles. The van der Waals surface area contributed by atoms with Gasteiger partial charge in [-0.2, -0.15) is 0 Å². The lowest BCUT2D eigenvalue weighted by Crippen LogP contribution is -2.33. The van der Waals surface area contributed by atoms with Crippen LogP contribution >= 0.6 is 0 Å². The molecule has 18 heavy (non-hydrogen) atoms. The van der Waals surface area contributed by atoms with Gasteiger partial charge < -0.3 is 15.0 Å². The summed E-state index contributed by atoms with van der Waals surface area (Å²) >= 11 is 0. The highest BCUT2D eigenvalue weighted by Crippen LogP contribution is 2.14. The molecule has 4 heteroatoms. The largest absolute Gasteiger partial charge is 0.383 e. The van der Waals surface area contributed by atoms with E-state index in [2.05, 4.69) is 42.0 Å². The average Bonchev–Trinajstić information content (AvgIpc) is 2.36. The van der Waals surface area contributed by atoms with Crippen molar-refractivity contribution in [3.63, 3.8) is 0 Å². The van der Waals surface area contributed by atoms with Gasteiger partial charge in [-0.15, -0.1) is 0 Å². The average molecular weight is 251 g/mol. The first-order valence-electron chi connectivity index (χ1n) is 6.44. The molecule has 0 spiro atoms. The van der Waals surface area contributed by atoms with Crippen LogP contribution < -0.4 is 10.2 Å². The highest BCUT2D eigenvalue weighted by molar-refractivity contribution is 5.41. The van der Waals surface area contributed by atoms with Gasteiger partial charge in [-0.05, 0) is 24.6 Å². The summed E-state index contributed by atoms with van der Waals surface area (Å²) in [6, 6.07) is 4.98. The van der Waals surface area contributed by atoms with E-state index in [1.165, 1.54) is 5.56 Å². The van der Waals surface area contributed by atoms with Crippen molar-refractivity contribution in [3.05, 3.63) is 23.9 Å². The molecule has 1 aromatic heterocycles. The number of methoxy groups -OCH3 is 1. The molecule has 0 aromatic carbocycles. The minimum Gasteiger partial charge on any atom is -0.383 e. The van der Waals surface area contributed by atoms with E-state index in [-0.39, 0.29) is 0 Å². The Labute approximate surface area is 110 Å². The maximum absolute atomic E-state index is 5.17. The van der Waals surface area contributed by atoms with Gasteiger partial charge in [0.05, 0.1) is 12.6 Å². The van der Waals surface area contributed by atoms with Gasteiger partial charge in [0.1, 0.15) is 5.82 Å². The first-order chi connectivity index (χ1) is 8.54. The Balaban J connectivity index is 2.68. The second kappa shape index (κ2) is 7.34. The Morgan fingerprint density at radius 1 is 1.39 bits per heavy atom. The maximum Gasteiger partial charge on any atom is 0.128 e. The standard InChI is InChI=1S/C14H25N3O/c1-11(2)16-9-13-6-7-15-14(8-13)17(4)12(3)10-18-5/h6-8,11-12,16H,9-10H2,1-5H3. The molecule has 0 aliphatic heterocycles. The molecular weight excluding hydrogens is 226 g/mol. The molecule has 0 saturated carbocycles. The number of hydrogen-bond donors (Lipinski definition) is 1. The highest BCUT2D eigenvalue weighted by atomic mass is 16.5. The van der Waals surface area contributed by atoms with Crippen LogP contribution in [0.1, 0.15) is 26.3 Å². The van der Waals surface area contributed by atoms with E-state index in [1.54, 1.807) is 7.11 Å². The van der Waals surface area contributed by atoms with Gasteiger partial charge in [-0.25, -0.2) is 4.98 Å². The number of rotatable bonds is 7. The second-order valence-electron chi connectivity index (χ2n) is 4.97. The molecule has 102 valence electrons. The molecule has 0 saturated heterocycles. The smallest absolute Gasteiger partial charge is 0.128 e. The normalized spacial score (nSPS) is 12.8. The molecular formula is C14H25N3O. The zero-order chi connectivity index (χ0) is 13.5. The third kappa shape index (κ3) is 4.63. The van der Waals surface area contributed by atoms with Crippen LogP contribution in [0.15, 0.2) is 18.3 Å². The van der Waals surface area contributed by atoms with Crippen molar-refractivity contribution in [1.82, 2.24) is 10.3 Å². The van der Waals surface area contributed by atoms with E-state index in [4.69, 9.17) is 4.74 Å². The van der Waals surface area contributed by atoms with Gasteiger partial charge in [-0.3, -0.25) is 0 Å². The lowest BCUT2D eigenvalue weighted by Gasteiger charge is -2.25. The first kappa shape index (κ1) is 14.9. The highest BCUT2D eigenvalue weighted by Gasteiger charge is 2.11. The third-order valence-electron chi connectivity index (χ3n) is 2.95. The summed E-state index contributed by atoms with van der Waals surface area (Å²) in [6.45, 7) is 8.00. The Morgan fingerprint density at radius 2 is 2.11 bits per heavy atom. The Morgan fingerprint density at radius 3 is 2.72 bits per heavy atom. The molecule has 0 bridgehead atoms. The SMILES string of the molecule is COCC(C)N(C)c1cc(CNC(C)C)ccn1. The molecule has 0 fully saturated rings. The second-order valence-corrected chi connectivity index (χ2v) is 4.97. The Bertz CT molecular complexity index is 355. The molecule has 1 aromatic rings. The van der Waals surface area contributed by atoms with Crippen LogP contribution in [0.2, 0.25) is 0 Å². The molecule has 1 unspecified atom stereocenters. The summed E-state index contributed by atoms with van der Waals surface area (Å²) in [5.74, 6) is 0.989. The maximum atomic E-state index is 5.17. The lowest BCUT2D eigenvalue weighted by molar-refractivity contribution is 0.183. The van der Waals surface area contributed by atoms with Crippen molar-refractivity contribution in [2.75, 3.05) is 25.7 Å². The number of nitrogens with zero attached hydrogens (tertiary/aromatic N) is 2. The molecule has 1 heterocycles. The number of likely N-dealkylation sites (N-methyl/N-ethyl adjacent to an activating group) is 1. The summed E-state index contributed by atoms with van der Waals surface area (Å²) in [5, 5.41) is 3.41. The van der Waals surface area contributed by atoms with Crippen molar-refractivity contribution in [2.45, 2.75) is 39.4 Å². The van der Waals surface area contributed by atoms with E-state index < -0.39 is 0 Å². The third-order valence-corrected chi connectivity index (χ3v) is 2.95. The number of aromatic nitrogens is 1. The monoisotopic (exact) mass is 251 g/mol. The van der Waals surface area contributed by atoms with Crippen LogP contribution in [0, 0.1) is 0 Å². The predicted octanol–water partition coefficient (Wildman–Crippen LogP) is 2.05. The molecule has 0 amide bonds. The van der Waals surface area contributed by atoms with Crippen LogP contribution in [0.25, 0.3) is 0 Å². The van der Waals surface area contributed by atoms with Crippen molar-refractivity contribution < 1.29 is 4.74 Å². The predicted molar refractivity (Wildman–Crippen MR) is 76.0 cm³/mol. The number of ether oxygens (including phenoxy) is 1. The van der Waals surface area contributed by atoms with E-state index in [0.717, 1.165) is 12.4 Å². The van der Waals surface area contributed by atoms with E-state index in [1.807, 2.05) is 19.3 Å². The minimum atomic E-state index is 0.316. The molecule has 1 rings (SSSR count). The van der Waals surface area contributed by atoms with Crippen LogP contribution in [0.5, 0.6) is 0 Å². The molecule has 1 atom stereocenters. The van der Waals surface area contributed by atoms with Gasteiger partial charge in [0.2, 0.25) is 0 Å². The summed E-state index contributed by atoms with van der Waals surface area (Å²) in [6.07, 6.45) is 1.86. The Hall–Kier alpha value is -1.13. The van der Waals surface area contributed by atoms with Crippen molar-refractivity contribution in [3.8, 4) is 0 Å². The Kier molecular flexibility index (Phi) is 6.09. The fraction of sp³-hybridized carbons (Fsp3) is 0.643. The van der Waals surface area contributed by atoms with Crippen molar-refractivity contribution in [1.29, 1.82) is 0 Å². The number of pyridine rings is 1. The van der Waals surface area contributed by atoms with Gasteiger partial charge in [0.25, 0.3) is 0 Å². The topological polar surface area (TPSA) is 37.4 Å². The summed E-state index contributed by atoms with van der Waals surface area (Å²) in [5.41, 5.74) is 1.25. The number of anilines is 1. The van der Waals surface area contributed by atoms with Crippen LogP contribution in [0.4, 0.5) is 5.82 Å².